The van der Waals surface area contributed by atoms with Gasteiger partial charge in [-0.05, 0) is 63.9 Å². The second kappa shape index (κ2) is 11.2. The molecule has 0 saturated carbocycles. The summed E-state index contributed by atoms with van der Waals surface area (Å²) in [5.41, 5.74) is 1.52. The third-order valence-electron chi connectivity index (χ3n) is 4.27. The standard InChI is InChI=1S/C23H31N3O6S/c1-16-8-6-9-17(2)21(16)31-15-20(27)26-18-10-7-11-19(14-18)33(29,30)25-13-12-24-22(28)32-23(3,4)5/h6-11,14,25H,12-13,15H2,1-5H3,(H,24,28)(H,26,27). The highest BCUT2D eigenvalue weighted by Crippen LogP contribution is 2.22. The van der Waals surface area contributed by atoms with Crippen molar-refractivity contribution in [2.75, 3.05) is 25.0 Å². The maximum atomic E-state index is 12.5. The summed E-state index contributed by atoms with van der Waals surface area (Å²) in [6.07, 6.45) is -0.630. The number of hydrogen-bond donors (Lipinski definition) is 3. The zero-order chi connectivity index (χ0) is 24.6. The fourth-order valence-electron chi connectivity index (χ4n) is 2.85. The minimum absolute atomic E-state index is 0.0202. The smallest absolute Gasteiger partial charge is 0.407 e. The van der Waals surface area contributed by atoms with Crippen molar-refractivity contribution in [2.45, 2.75) is 45.1 Å². The largest absolute Gasteiger partial charge is 0.483 e. The lowest BCUT2D eigenvalue weighted by Crippen LogP contribution is -2.37. The van der Waals surface area contributed by atoms with E-state index in [1.807, 2.05) is 32.0 Å². The summed E-state index contributed by atoms with van der Waals surface area (Å²) in [6.45, 7) is 8.80. The Morgan fingerprint density at radius 2 is 1.61 bits per heavy atom. The Balaban J connectivity index is 1.89. The highest BCUT2D eigenvalue weighted by atomic mass is 32.2. The number of sulfonamides is 1. The molecule has 0 aliphatic heterocycles. The Labute approximate surface area is 194 Å². The van der Waals surface area contributed by atoms with Gasteiger partial charge in [0.25, 0.3) is 5.91 Å². The Hall–Kier alpha value is -3.11. The summed E-state index contributed by atoms with van der Waals surface area (Å²) < 4.78 is 38.2. The van der Waals surface area contributed by atoms with E-state index >= 15 is 0 Å². The van der Waals surface area contributed by atoms with Crippen LogP contribution in [0.1, 0.15) is 31.9 Å². The predicted octanol–water partition coefficient (Wildman–Crippen LogP) is 3.12. The van der Waals surface area contributed by atoms with E-state index in [0.717, 1.165) is 11.1 Å². The number of carbonyl (C=O) groups excluding carboxylic acids is 2. The Morgan fingerprint density at radius 1 is 0.970 bits per heavy atom. The van der Waals surface area contributed by atoms with Crippen LogP contribution in [-0.4, -0.2) is 45.7 Å². The van der Waals surface area contributed by atoms with Crippen LogP contribution in [0.4, 0.5) is 10.5 Å². The van der Waals surface area contributed by atoms with Crippen molar-refractivity contribution in [3.8, 4) is 5.75 Å². The predicted molar refractivity (Wildman–Crippen MR) is 126 cm³/mol. The van der Waals surface area contributed by atoms with E-state index in [9.17, 15) is 18.0 Å². The van der Waals surface area contributed by atoms with E-state index in [0.29, 0.717) is 11.4 Å². The van der Waals surface area contributed by atoms with E-state index in [1.54, 1.807) is 26.8 Å². The monoisotopic (exact) mass is 477 g/mol. The van der Waals surface area contributed by atoms with Gasteiger partial charge in [0.05, 0.1) is 4.90 Å². The number of anilines is 1. The molecule has 33 heavy (non-hydrogen) atoms. The minimum Gasteiger partial charge on any atom is -0.483 e. The molecule has 0 aromatic heterocycles. The maximum Gasteiger partial charge on any atom is 0.407 e. The van der Waals surface area contributed by atoms with Gasteiger partial charge in [0.1, 0.15) is 11.4 Å². The van der Waals surface area contributed by atoms with Crippen LogP contribution < -0.4 is 20.1 Å². The topological polar surface area (TPSA) is 123 Å². The van der Waals surface area contributed by atoms with Crippen molar-refractivity contribution in [2.24, 2.45) is 0 Å². The second-order valence-corrected chi connectivity index (χ2v) is 10.2. The molecule has 2 aromatic rings. The molecule has 0 bridgehead atoms. The molecule has 0 saturated heterocycles. The number of benzene rings is 2. The molecule has 9 nitrogen and oxygen atoms in total. The number of nitrogens with one attached hydrogen (secondary N) is 3. The molecule has 180 valence electrons. The lowest BCUT2D eigenvalue weighted by atomic mass is 10.1. The molecule has 2 amide bonds. The van der Waals surface area contributed by atoms with E-state index in [1.165, 1.54) is 18.2 Å². The summed E-state index contributed by atoms with van der Waals surface area (Å²) in [5.74, 6) is 0.231. The van der Waals surface area contributed by atoms with Crippen molar-refractivity contribution in [3.05, 3.63) is 53.6 Å². The lowest BCUT2D eigenvalue weighted by Gasteiger charge is -2.19. The first-order valence-corrected chi connectivity index (χ1v) is 11.9. The highest BCUT2D eigenvalue weighted by Gasteiger charge is 2.17. The Bertz CT molecular complexity index is 1070. The average Bonchev–Trinajstić information content (AvgIpc) is 2.70. The normalized spacial score (nSPS) is 11.5. The zero-order valence-corrected chi connectivity index (χ0v) is 20.3. The van der Waals surface area contributed by atoms with E-state index in [4.69, 9.17) is 9.47 Å². The van der Waals surface area contributed by atoms with Gasteiger partial charge >= 0.3 is 6.09 Å². The highest BCUT2D eigenvalue weighted by molar-refractivity contribution is 7.89. The van der Waals surface area contributed by atoms with E-state index in [2.05, 4.69) is 15.4 Å². The van der Waals surface area contributed by atoms with Gasteiger partial charge in [-0.25, -0.2) is 17.9 Å². The summed E-state index contributed by atoms with van der Waals surface area (Å²) in [6, 6.07) is 11.6. The van der Waals surface area contributed by atoms with Crippen molar-refractivity contribution >= 4 is 27.7 Å². The fraction of sp³-hybridized carbons (Fsp3) is 0.391. The van der Waals surface area contributed by atoms with Gasteiger partial charge in [-0.2, -0.15) is 0 Å². The molecule has 0 unspecified atom stereocenters. The molecule has 2 aromatic carbocycles. The molecular formula is C23H31N3O6S. The van der Waals surface area contributed by atoms with Crippen LogP contribution in [0.2, 0.25) is 0 Å². The van der Waals surface area contributed by atoms with Crippen LogP contribution in [-0.2, 0) is 19.6 Å². The summed E-state index contributed by atoms with van der Waals surface area (Å²) in [4.78, 5) is 23.9. The summed E-state index contributed by atoms with van der Waals surface area (Å²) in [7, 11) is -3.84. The number of alkyl carbamates (subject to hydrolysis) is 1. The fourth-order valence-corrected chi connectivity index (χ4v) is 3.93. The van der Waals surface area contributed by atoms with Crippen molar-refractivity contribution < 1.29 is 27.5 Å². The van der Waals surface area contributed by atoms with Crippen LogP contribution in [0.25, 0.3) is 0 Å². The van der Waals surface area contributed by atoms with Crippen LogP contribution >= 0.6 is 0 Å². The molecule has 0 fully saturated rings. The molecule has 0 spiro atoms. The number of aryl methyl sites for hydroxylation is 2. The molecule has 3 N–H and O–H groups in total. The van der Waals surface area contributed by atoms with Crippen LogP contribution in [0, 0.1) is 13.8 Å². The number of hydrogen-bond acceptors (Lipinski definition) is 6. The number of rotatable bonds is 9. The van der Waals surface area contributed by atoms with Gasteiger partial charge in [0, 0.05) is 18.8 Å². The van der Waals surface area contributed by atoms with Gasteiger partial charge in [-0.1, -0.05) is 24.3 Å². The van der Waals surface area contributed by atoms with Crippen LogP contribution in [0.5, 0.6) is 5.75 Å². The molecular weight excluding hydrogens is 446 g/mol. The van der Waals surface area contributed by atoms with Crippen molar-refractivity contribution in [1.29, 1.82) is 0 Å². The van der Waals surface area contributed by atoms with Gasteiger partial charge in [-0.3, -0.25) is 4.79 Å². The summed E-state index contributed by atoms with van der Waals surface area (Å²) in [5, 5.41) is 5.11. The molecule has 0 atom stereocenters. The zero-order valence-electron chi connectivity index (χ0n) is 19.5. The Morgan fingerprint density at radius 3 is 2.24 bits per heavy atom. The van der Waals surface area contributed by atoms with Crippen LogP contribution in [0.3, 0.4) is 0 Å². The first-order valence-electron chi connectivity index (χ1n) is 10.4. The Kier molecular flexibility index (Phi) is 8.84. The van der Waals surface area contributed by atoms with E-state index in [-0.39, 0.29) is 24.6 Å². The van der Waals surface area contributed by atoms with Gasteiger partial charge in [0.15, 0.2) is 6.61 Å². The number of para-hydroxylation sites is 1. The molecule has 2 rings (SSSR count). The SMILES string of the molecule is Cc1cccc(C)c1OCC(=O)Nc1cccc(S(=O)(=O)NCCNC(=O)OC(C)(C)C)c1. The minimum atomic E-state index is -3.84. The molecule has 0 heterocycles. The molecule has 0 radical (unpaired) electrons. The maximum absolute atomic E-state index is 12.5. The van der Waals surface area contributed by atoms with E-state index < -0.39 is 27.6 Å². The van der Waals surface area contributed by atoms with Gasteiger partial charge < -0.3 is 20.1 Å². The number of amides is 2. The quantitative estimate of drug-likeness (QED) is 0.477. The third kappa shape index (κ3) is 8.74. The second-order valence-electron chi connectivity index (χ2n) is 8.41. The van der Waals surface area contributed by atoms with Crippen LogP contribution in [0.15, 0.2) is 47.4 Å². The van der Waals surface area contributed by atoms with Gasteiger partial charge in [-0.15, -0.1) is 0 Å². The lowest BCUT2D eigenvalue weighted by molar-refractivity contribution is -0.118. The number of ether oxygens (including phenoxy) is 2. The molecule has 0 aliphatic rings. The third-order valence-corrected chi connectivity index (χ3v) is 5.73. The first kappa shape index (κ1) is 26.1. The molecule has 0 aliphatic carbocycles. The average molecular weight is 478 g/mol. The first-order chi connectivity index (χ1) is 15.4. The van der Waals surface area contributed by atoms with Crippen molar-refractivity contribution in [1.82, 2.24) is 10.0 Å². The molecule has 10 heteroatoms. The van der Waals surface area contributed by atoms with Crippen molar-refractivity contribution in [3.63, 3.8) is 0 Å². The van der Waals surface area contributed by atoms with Gasteiger partial charge in [0.2, 0.25) is 10.0 Å². The summed E-state index contributed by atoms with van der Waals surface area (Å²) >= 11 is 0. The number of carbonyl (C=O) groups is 2.